The lowest BCUT2D eigenvalue weighted by Crippen LogP contribution is -2.16. The number of nitrogens with two attached hydrogens (primary N) is 1. The average Bonchev–Trinajstić information content (AvgIpc) is 2.98. The van der Waals surface area contributed by atoms with E-state index in [1.807, 2.05) is 24.3 Å². The Morgan fingerprint density at radius 1 is 1.33 bits per heavy atom. The summed E-state index contributed by atoms with van der Waals surface area (Å²) < 4.78 is 0. The number of anilines is 2. The van der Waals surface area contributed by atoms with Gasteiger partial charge in [-0.25, -0.2) is 4.98 Å². The van der Waals surface area contributed by atoms with E-state index >= 15 is 0 Å². The quantitative estimate of drug-likeness (QED) is 0.576. The van der Waals surface area contributed by atoms with Crippen molar-refractivity contribution >= 4 is 22.7 Å². The third-order valence-electron chi connectivity index (χ3n) is 3.09. The molecule has 1 atom stereocenters. The highest BCUT2D eigenvalue weighted by Crippen LogP contribution is 2.26. The molecule has 0 aliphatic heterocycles. The van der Waals surface area contributed by atoms with Crippen LogP contribution in [-0.4, -0.2) is 37.9 Å². The van der Waals surface area contributed by atoms with Gasteiger partial charge in [0.1, 0.15) is 5.82 Å². The fourth-order valence-electron chi connectivity index (χ4n) is 2.11. The number of hydrogen-bond acceptors (Lipinski definition) is 6. The van der Waals surface area contributed by atoms with Crippen molar-refractivity contribution in [1.29, 1.82) is 0 Å². The summed E-state index contributed by atoms with van der Waals surface area (Å²) in [5.41, 5.74) is 8.38. The number of H-pyrrole nitrogens is 1. The monoisotopic (exact) mass is 284 g/mol. The summed E-state index contributed by atoms with van der Waals surface area (Å²) in [7, 11) is 0. The van der Waals surface area contributed by atoms with Crippen LogP contribution in [0.15, 0.2) is 30.5 Å². The van der Waals surface area contributed by atoms with Crippen molar-refractivity contribution in [2.24, 2.45) is 0 Å². The predicted octanol–water partition coefficient (Wildman–Crippen LogP) is 1.39. The maximum atomic E-state index is 9.38. The van der Waals surface area contributed by atoms with Crippen LogP contribution in [0.1, 0.15) is 6.92 Å². The van der Waals surface area contributed by atoms with Crippen molar-refractivity contribution in [3.63, 3.8) is 0 Å². The second kappa shape index (κ2) is 5.37. The molecule has 7 nitrogen and oxygen atoms in total. The highest BCUT2D eigenvalue weighted by Gasteiger charge is 2.09. The standard InChI is InChI=1S/C14H16N6O/c1-8(21)7-16-13-10-3-2-9(11-4-5-17-20-11)6-12(10)18-14(15)19-13/h2-6,8,21H,7H2,1H3,(H,17,20)(H3,15,16,18,19)/t8-/m0/s1. The van der Waals surface area contributed by atoms with Gasteiger partial charge < -0.3 is 16.2 Å². The second-order valence-corrected chi connectivity index (χ2v) is 4.86. The summed E-state index contributed by atoms with van der Waals surface area (Å²) in [6.07, 6.45) is 1.23. The molecule has 0 fully saturated rings. The molecule has 0 saturated carbocycles. The first-order valence-electron chi connectivity index (χ1n) is 6.62. The fraction of sp³-hybridized carbons (Fsp3) is 0.214. The smallest absolute Gasteiger partial charge is 0.222 e. The number of nitrogens with one attached hydrogen (secondary N) is 2. The van der Waals surface area contributed by atoms with Crippen LogP contribution < -0.4 is 11.1 Å². The van der Waals surface area contributed by atoms with Gasteiger partial charge in [0.05, 0.1) is 17.3 Å². The minimum absolute atomic E-state index is 0.192. The molecule has 0 aliphatic carbocycles. The Balaban J connectivity index is 2.05. The molecule has 3 aromatic rings. The molecular formula is C14H16N6O. The maximum absolute atomic E-state index is 9.38. The molecule has 3 rings (SSSR count). The molecule has 0 radical (unpaired) electrons. The van der Waals surface area contributed by atoms with Crippen molar-refractivity contribution in [3.8, 4) is 11.3 Å². The summed E-state index contributed by atoms with van der Waals surface area (Å²) in [6.45, 7) is 2.10. The van der Waals surface area contributed by atoms with Crippen LogP contribution in [0.25, 0.3) is 22.2 Å². The van der Waals surface area contributed by atoms with Crippen molar-refractivity contribution in [2.45, 2.75) is 13.0 Å². The molecule has 0 bridgehead atoms. The van der Waals surface area contributed by atoms with Gasteiger partial charge in [-0.1, -0.05) is 6.07 Å². The predicted molar refractivity (Wildman–Crippen MR) is 81.7 cm³/mol. The van der Waals surface area contributed by atoms with Crippen LogP contribution in [0, 0.1) is 0 Å². The lowest BCUT2D eigenvalue weighted by atomic mass is 10.1. The molecule has 2 aromatic heterocycles. The van der Waals surface area contributed by atoms with E-state index in [1.54, 1.807) is 13.1 Å². The SMILES string of the molecule is C[C@H](O)CNc1nc(N)nc2cc(-c3ccn[nH]3)ccc12. The molecule has 108 valence electrons. The van der Waals surface area contributed by atoms with Crippen molar-refractivity contribution in [2.75, 3.05) is 17.6 Å². The van der Waals surface area contributed by atoms with E-state index in [1.165, 1.54) is 0 Å². The molecule has 0 aliphatic rings. The van der Waals surface area contributed by atoms with Gasteiger partial charge in [-0.05, 0) is 25.1 Å². The van der Waals surface area contributed by atoms with Crippen LogP contribution >= 0.6 is 0 Å². The summed E-state index contributed by atoms with van der Waals surface area (Å²) >= 11 is 0. The number of aliphatic hydroxyl groups excluding tert-OH is 1. The Labute approximate surface area is 121 Å². The van der Waals surface area contributed by atoms with E-state index in [0.29, 0.717) is 12.4 Å². The van der Waals surface area contributed by atoms with Gasteiger partial charge in [-0.2, -0.15) is 10.1 Å². The lowest BCUT2D eigenvalue weighted by Gasteiger charge is -2.11. The third kappa shape index (κ3) is 2.77. The van der Waals surface area contributed by atoms with Gasteiger partial charge in [0.15, 0.2) is 0 Å². The first kappa shape index (κ1) is 13.3. The van der Waals surface area contributed by atoms with Crippen LogP contribution in [0.4, 0.5) is 11.8 Å². The Kier molecular flexibility index (Phi) is 3.41. The van der Waals surface area contributed by atoms with E-state index in [-0.39, 0.29) is 5.95 Å². The highest BCUT2D eigenvalue weighted by atomic mass is 16.3. The largest absolute Gasteiger partial charge is 0.392 e. The Hall–Kier alpha value is -2.67. The molecule has 5 N–H and O–H groups in total. The molecule has 2 heterocycles. The summed E-state index contributed by atoms with van der Waals surface area (Å²) in [6, 6.07) is 7.70. The zero-order valence-electron chi connectivity index (χ0n) is 11.5. The number of rotatable bonds is 4. The highest BCUT2D eigenvalue weighted by molar-refractivity contribution is 5.92. The number of fused-ring (bicyclic) bond motifs is 1. The number of aromatic amines is 1. The van der Waals surface area contributed by atoms with E-state index < -0.39 is 6.10 Å². The van der Waals surface area contributed by atoms with Crippen molar-refractivity contribution < 1.29 is 5.11 Å². The first-order chi connectivity index (χ1) is 10.1. The van der Waals surface area contributed by atoms with Crippen molar-refractivity contribution in [1.82, 2.24) is 20.2 Å². The number of benzene rings is 1. The van der Waals surface area contributed by atoms with E-state index in [0.717, 1.165) is 22.2 Å². The van der Waals surface area contributed by atoms with Crippen LogP contribution in [-0.2, 0) is 0 Å². The zero-order chi connectivity index (χ0) is 14.8. The maximum Gasteiger partial charge on any atom is 0.222 e. The summed E-state index contributed by atoms with van der Waals surface area (Å²) in [4.78, 5) is 8.45. The van der Waals surface area contributed by atoms with Crippen LogP contribution in [0.5, 0.6) is 0 Å². The van der Waals surface area contributed by atoms with E-state index in [9.17, 15) is 5.11 Å². The topological polar surface area (TPSA) is 113 Å². The van der Waals surface area contributed by atoms with Gasteiger partial charge in [-0.15, -0.1) is 0 Å². The number of aromatic nitrogens is 4. The first-order valence-corrected chi connectivity index (χ1v) is 6.62. The van der Waals surface area contributed by atoms with Gasteiger partial charge in [0.2, 0.25) is 5.95 Å². The lowest BCUT2D eigenvalue weighted by molar-refractivity contribution is 0.208. The summed E-state index contributed by atoms with van der Waals surface area (Å²) in [5.74, 6) is 0.812. The second-order valence-electron chi connectivity index (χ2n) is 4.86. The Morgan fingerprint density at radius 2 is 2.19 bits per heavy atom. The minimum atomic E-state index is -0.472. The molecule has 7 heteroatoms. The van der Waals surface area contributed by atoms with Crippen molar-refractivity contribution in [3.05, 3.63) is 30.5 Å². The number of nitrogen functional groups attached to an aromatic ring is 1. The van der Waals surface area contributed by atoms with Crippen LogP contribution in [0.3, 0.4) is 0 Å². The number of aliphatic hydroxyl groups is 1. The van der Waals surface area contributed by atoms with Gasteiger partial charge >= 0.3 is 0 Å². The summed E-state index contributed by atoms with van der Waals surface area (Å²) in [5, 5.41) is 20.2. The molecule has 0 spiro atoms. The molecule has 1 aromatic carbocycles. The van der Waals surface area contributed by atoms with E-state index in [4.69, 9.17) is 5.73 Å². The van der Waals surface area contributed by atoms with Gasteiger partial charge in [0.25, 0.3) is 0 Å². The number of hydrogen-bond donors (Lipinski definition) is 4. The zero-order valence-corrected chi connectivity index (χ0v) is 11.5. The van der Waals surface area contributed by atoms with E-state index in [2.05, 4.69) is 25.5 Å². The third-order valence-corrected chi connectivity index (χ3v) is 3.09. The number of nitrogens with zero attached hydrogens (tertiary/aromatic N) is 3. The molecule has 21 heavy (non-hydrogen) atoms. The minimum Gasteiger partial charge on any atom is -0.392 e. The Bertz CT molecular complexity index is 754. The average molecular weight is 284 g/mol. The fourth-order valence-corrected chi connectivity index (χ4v) is 2.11. The molecule has 0 saturated heterocycles. The molecule has 0 amide bonds. The van der Waals surface area contributed by atoms with Gasteiger partial charge in [-0.3, -0.25) is 5.10 Å². The Morgan fingerprint density at radius 3 is 2.90 bits per heavy atom. The normalized spacial score (nSPS) is 12.5. The molecule has 0 unspecified atom stereocenters. The van der Waals surface area contributed by atoms with Gasteiger partial charge in [0, 0.05) is 23.7 Å². The van der Waals surface area contributed by atoms with Crippen LogP contribution in [0.2, 0.25) is 0 Å². The molecular weight excluding hydrogens is 268 g/mol.